The van der Waals surface area contributed by atoms with Crippen LogP contribution in [0.5, 0.6) is 0 Å². The van der Waals surface area contributed by atoms with Crippen molar-refractivity contribution < 1.29 is 24.9 Å². The number of carbonyl (C=O) groups excluding carboxylic acids is 1. The van der Waals surface area contributed by atoms with Crippen LogP contribution in [0.4, 0.5) is 0 Å². The zero-order valence-corrected chi connectivity index (χ0v) is 7.80. The molecule has 1 amide bonds. The van der Waals surface area contributed by atoms with Crippen LogP contribution in [0.2, 0.25) is 0 Å². The molecule has 1 aliphatic rings. The van der Waals surface area contributed by atoms with E-state index in [1.165, 1.54) is 4.90 Å². The number of rotatable bonds is 3. The number of nitrogens with zero attached hydrogens (tertiary/aromatic N) is 1. The molecule has 0 saturated carbocycles. The van der Waals surface area contributed by atoms with Crippen molar-refractivity contribution in [2.24, 2.45) is 0 Å². The fraction of sp³-hybridized carbons (Fsp3) is 0.875. The topological polar surface area (TPSA) is 90.2 Å². The molecule has 14 heavy (non-hydrogen) atoms. The van der Waals surface area contributed by atoms with E-state index in [0.29, 0.717) is 26.3 Å². The number of hydrogen-bond donors (Lipinski definition) is 3. The van der Waals surface area contributed by atoms with Crippen LogP contribution in [-0.2, 0) is 9.53 Å². The zero-order valence-electron chi connectivity index (χ0n) is 7.80. The number of aliphatic hydroxyl groups is 3. The lowest BCUT2D eigenvalue weighted by atomic mass is 10.2. The first kappa shape index (κ1) is 11.4. The van der Waals surface area contributed by atoms with Gasteiger partial charge in [0.1, 0.15) is 6.10 Å². The van der Waals surface area contributed by atoms with Gasteiger partial charge >= 0.3 is 0 Å². The third-order valence-corrected chi connectivity index (χ3v) is 2.13. The van der Waals surface area contributed by atoms with E-state index in [2.05, 4.69) is 0 Å². The van der Waals surface area contributed by atoms with Gasteiger partial charge in [-0.1, -0.05) is 0 Å². The molecule has 0 aromatic carbocycles. The maximum absolute atomic E-state index is 11.4. The second kappa shape index (κ2) is 5.26. The summed E-state index contributed by atoms with van der Waals surface area (Å²) in [4.78, 5) is 12.9. The Bertz CT molecular complexity index is 188. The Kier molecular flexibility index (Phi) is 4.27. The van der Waals surface area contributed by atoms with Gasteiger partial charge in [-0.05, 0) is 0 Å². The summed E-state index contributed by atoms with van der Waals surface area (Å²) in [7, 11) is 0. The molecule has 2 atom stereocenters. The Morgan fingerprint density at radius 3 is 2.43 bits per heavy atom. The lowest BCUT2D eigenvalue weighted by Crippen LogP contribution is -2.50. The summed E-state index contributed by atoms with van der Waals surface area (Å²) in [5, 5.41) is 26.9. The number of ether oxygens (including phenoxy) is 1. The van der Waals surface area contributed by atoms with Gasteiger partial charge in [0.25, 0.3) is 5.91 Å². The first-order valence-corrected chi connectivity index (χ1v) is 4.50. The second-order valence-corrected chi connectivity index (χ2v) is 3.13. The van der Waals surface area contributed by atoms with Crippen LogP contribution < -0.4 is 0 Å². The Balaban J connectivity index is 2.46. The summed E-state index contributed by atoms with van der Waals surface area (Å²) in [6, 6.07) is 0. The van der Waals surface area contributed by atoms with E-state index in [9.17, 15) is 9.90 Å². The van der Waals surface area contributed by atoms with Crippen LogP contribution >= 0.6 is 0 Å². The fourth-order valence-corrected chi connectivity index (χ4v) is 1.24. The molecule has 1 saturated heterocycles. The minimum absolute atomic E-state index is 0.411. The smallest absolute Gasteiger partial charge is 0.254 e. The average Bonchev–Trinajstić information content (AvgIpc) is 2.27. The number of morpholine rings is 1. The van der Waals surface area contributed by atoms with Crippen molar-refractivity contribution in [1.29, 1.82) is 0 Å². The van der Waals surface area contributed by atoms with Gasteiger partial charge in [-0.2, -0.15) is 0 Å². The molecule has 1 rings (SSSR count). The summed E-state index contributed by atoms with van der Waals surface area (Å²) in [5.41, 5.74) is 0. The van der Waals surface area contributed by atoms with E-state index in [4.69, 9.17) is 14.9 Å². The third kappa shape index (κ3) is 2.65. The van der Waals surface area contributed by atoms with E-state index < -0.39 is 24.7 Å². The molecule has 82 valence electrons. The molecule has 6 heteroatoms. The van der Waals surface area contributed by atoms with E-state index >= 15 is 0 Å². The van der Waals surface area contributed by atoms with Crippen LogP contribution in [0.25, 0.3) is 0 Å². The summed E-state index contributed by atoms with van der Waals surface area (Å²) < 4.78 is 5.03. The van der Waals surface area contributed by atoms with Gasteiger partial charge in [-0.3, -0.25) is 4.79 Å². The molecule has 0 radical (unpaired) electrons. The van der Waals surface area contributed by atoms with Crippen LogP contribution in [0.1, 0.15) is 0 Å². The lowest BCUT2D eigenvalue weighted by Gasteiger charge is -2.29. The average molecular weight is 205 g/mol. The molecule has 1 fully saturated rings. The highest BCUT2D eigenvalue weighted by atomic mass is 16.5. The number of aliphatic hydroxyl groups excluding tert-OH is 3. The molecule has 1 heterocycles. The Morgan fingerprint density at radius 1 is 1.36 bits per heavy atom. The first-order valence-electron chi connectivity index (χ1n) is 4.50. The Morgan fingerprint density at radius 2 is 1.93 bits per heavy atom. The molecule has 0 aromatic heterocycles. The van der Waals surface area contributed by atoms with Gasteiger partial charge in [0.05, 0.1) is 19.8 Å². The van der Waals surface area contributed by atoms with Gasteiger partial charge < -0.3 is 25.0 Å². The van der Waals surface area contributed by atoms with Crippen molar-refractivity contribution in [3.05, 3.63) is 0 Å². The minimum Gasteiger partial charge on any atom is -0.394 e. The van der Waals surface area contributed by atoms with Crippen molar-refractivity contribution >= 4 is 5.91 Å². The molecule has 0 unspecified atom stereocenters. The molecular formula is C8H15NO5. The highest BCUT2D eigenvalue weighted by Crippen LogP contribution is 2.03. The maximum atomic E-state index is 11.4. The van der Waals surface area contributed by atoms with Crippen LogP contribution in [0, 0.1) is 0 Å². The molecule has 6 nitrogen and oxygen atoms in total. The summed E-state index contributed by atoms with van der Waals surface area (Å²) in [5.74, 6) is -0.560. The molecule has 0 aromatic rings. The van der Waals surface area contributed by atoms with E-state index in [0.717, 1.165) is 0 Å². The molecule has 0 bridgehead atoms. The largest absolute Gasteiger partial charge is 0.394 e. The van der Waals surface area contributed by atoms with Gasteiger partial charge in [0.2, 0.25) is 0 Å². The highest BCUT2D eigenvalue weighted by Gasteiger charge is 2.28. The second-order valence-electron chi connectivity index (χ2n) is 3.13. The fourth-order valence-electron chi connectivity index (χ4n) is 1.24. The third-order valence-electron chi connectivity index (χ3n) is 2.13. The molecule has 0 spiro atoms. The van der Waals surface area contributed by atoms with Gasteiger partial charge in [-0.25, -0.2) is 0 Å². The van der Waals surface area contributed by atoms with Crippen LogP contribution in [0.3, 0.4) is 0 Å². The normalized spacial score (nSPS) is 21.8. The Labute approximate surface area is 81.7 Å². The van der Waals surface area contributed by atoms with Gasteiger partial charge in [0, 0.05) is 13.1 Å². The predicted octanol–water partition coefficient (Wildman–Crippen LogP) is -2.44. The number of hydrogen-bond acceptors (Lipinski definition) is 5. The van der Waals surface area contributed by atoms with Crippen molar-refractivity contribution in [3.63, 3.8) is 0 Å². The van der Waals surface area contributed by atoms with Crippen molar-refractivity contribution in [2.75, 3.05) is 32.9 Å². The lowest BCUT2D eigenvalue weighted by molar-refractivity contribution is -0.151. The van der Waals surface area contributed by atoms with E-state index in [-0.39, 0.29) is 0 Å². The van der Waals surface area contributed by atoms with Crippen molar-refractivity contribution in [1.82, 2.24) is 4.90 Å². The molecule has 3 N–H and O–H groups in total. The van der Waals surface area contributed by atoms with Crippen LogP contribution in [-0.4, -0.2) is 71.2 Å². The quantitative estimate of drug-likeness (QED) is 0.476. The van der Waals surface area contributed by atoms with E-state index in [1.54, 1.807) is 0 Å². The monoisotopic (exact) mass is 205 g/mol. The zero-order chi connectivity index (χ0) is 10.6. The van der Waals surface area contributed by atoms with Crippen molar-refractivity contribution in [2.45, 2.75) is 12.2 Å². The summed E-state index contributed by atoms with van der Waals surface area (Å²) in [6.07, 6.45) is -2.96. The number of amides is 1. The minimum atomic E-state index is -1.54. The molecule has 1 aliphatic heterocycles. The van der Waals surface area contributed by atoms with Gasteiger partial charge in [-0.15, -0.1) is 0 Å². The standard InChI is InChI=1S/C8H15NO5/c10-5-6(11)7(12)8(13)9-1-3-14-4-2-9/h6-7,10-12H,1-5H2/t6-,7-/m1/s1. The van der Waals surface area contributed by atoms with E-state index in [1.807, 2.05) is 0 Å². The number of carbonyl (C=O) groups is 1. The Hall–Kier alpha value is -0.690. The van der Waals surface area contributed by atoms with Gasteiger partial charge in [0.15, 0.2) is 6.10 Å². The van der Waals surface area contributed by atoms with Crippen molar-refractivity contribution in [3.8, 4) is 0 Å². The predicted molar refractivity (Wildman–Crippen MR) is 46.5 cm³/mol. The SMILES string of the molecule is O=C([C@H](O)[C@H](O)CO)N1CCOCC1. The summed E-state index contributed by atoms with van der Waals surface area (Å²) >= 11 is 0. The maximum Gasteiger partial charge on any atom is 0.254 e. The highest BCUT2D eigenvalue weighted by molar-refractivity contribution is 5.81. The van der Waals surface area contributed by atoms with Crippen LogP contribution in [0.15, 0.2) is 0 Å². The summed E-state index contributed by atoms with van der Waals surface area (Å²) in [6.45, 7) is 1.07. The molecular weight excluding hydrogens is 190 g/mol. The first-order chi connectivity index (χ1) is 6.66. The molecule has 0 aliphatic carbocycles.